The van der Waals surface area contributed by atoms with Crippen molar-refractivity contribution in [2.75, 3.05) is 31.6 Å². The van der Waals surface area contributed by atoms with E-state index in [1.807, 2.05) is 13.0 Å². The molecule has 2 N–H and O–H groups in total. The molecule has 1 aromatic carbocycles. The molecule has 0 aromatic heterocycles. The minimum atomic E-state index is -0.173. The number of benzene rings is 1. The molecule has 23 heavy (non-hydrogen) atoms. The number of hydrogen-bond acceptors (Lipinski definition) is 2. The van der Waals surface area contributed by atoms with Gasteiger partial charge in [-0.3, -0.25) is 4.99 Å². The third-order valence-electron chi connectivity index (χ3n) is 4.07. The van der Waals surface area contributed by atoms with E-state index in [0.717, 1.165) is 50.5 Å². The molecule has 4 nitrogen and oxygen atoms in total. The number of halogens is 1. The van der Waals surface area contributed by atoms with Gasteiger partial charge in [-0.05, 0) is 44.4 Å². The Kier molecular flexibility index (Phi) is 6.91. The molecule has 0 saturated carbocycles. The molecule has 0 amide bonds. The first kappa shape index (κ1) is 17.3. The predicted octanol–water partition coefficient (Wildman–Crippen LogP) is 2.93. The van der Waals surface area contributed by atoms with Crippen molar-refractivity contribution in [1.82, 2.24) is 10.6 Å². The number of piperidine rings is 1. The van der Waals surface area contributed by atoms with Gasteiger partial charge >= 0.3 is 0 Å². The van der Waals surface area contributed by atoms with Crippen molar-refractivity contribution in [2.45, 2.75) is 32.2 Å². The Balaban J connectivity index is 1.77. The quantitative estimate of drug-likeness (QED) is 0.379. The van der Waals surface area contributed by atoms with Gasteiger partial charge in [-0.1, -0.05) is 18.2 Å². The first-order valence-electron chi connectivity index (χ1n) is 8.31. The first-order valence-corrected chi connectivity index (χ1v) is 8.31. The van der Waals surface area contributed by atoms with E-state index >= 15 is 0 Å². The van der Waals surface area contributed by atoms with Crippen LogP contribution >= 0.6 is 0 Å². The predicted molar refractivity (Wildman–Crippen MR) is 95.6 cm³/mol. The number of anilines is 1. The molecule has 1 heterocycles. The largest absolute Gasteiger partial charge is 0.371 e. The Morgan fingerprint density at radius 1 is 1.39 bits per heavy atom. The Bertz CT molecular complexity index is 534. The molecule has 0 spiro atoms. The van der Waals surface area contributed by atoms with Gasteiger partial charge in [0.15, 0.2) is 5.96 Å². The Morgan fingerprint density at radius 2 is 2.17 bits per heavy atom. The van der Waals surface area contributed by atoms with Gasteiger partial charge in [-0.2, -0.15) is 0 Å². The summed E-state index contributed by atoms with van der Waals surface area (Å²) in [7, 11) is 1.80. The number of allylic oxidation sites excluding steroid dienone is 1. The van der Waals surface area contributed by atoms with Gasteiger partial charge in [0, 0.05) is 38.4 Å². The van der Waals surface area contributed by atoms with Crippen LogP contribution in [0.25, 0.3) is 0 Å². The lowest BCUT2D eigenvalue weighted by atomic mass is 10.0. The number of hydrogen-bond donors (Lipinski definition) is 2. The number of aliphatic imine (C=N–C) groups is 1. The van der Waals surface area contributed by atoms with E-state index in [1.54, 1.807) is 19.2 Å². The summed E-state index contributed by atoms with van der Waals surface area (Å²) in [5, 5.41) is 6.81. The first-order chi connectivity index (χ1) is 11.2. The van der Waals surface area contributed by atoms with Crippen LogP contribution in [0.2, 0.25) is 0 Å². The van der Waals surface area contributed by atoms with Crippen molar-refractivity contribution in [2.24, 2.45) is 4.99 Å². The highest BCUT2D eigenvalue weighted by Crippen LogP contribution is 2.20. The van der Waals surface area contributed by atoms with E-state index in [0.29, 0.717) is 6.04 Å². The summed E-state index contributed by atoms with van der Waals surface area (Å²) in [5.74, 6) is 0.687. The molecule has 1 aromatic rings. The maximum absolute atomic E-state index is 13.3. The van der Waals surface area contributed by atoms with Crippen LogP contribution < -0.4 is 15.5 Å². The van der Waals surface area contributed by atoms with Crippen molar-refractivity contribution in [3.63, 3.8) is 0 Å². The third kappa shape index (κ3) is 5.58. The van der Waals surface area contributed by atoms with Crippen LogP contribution in [0.3, 0.4) is 0 Å². The fraction of sp³-hybridized carbons (Fsp3) is 0.500. The summed E-state index contributed by atoms with van der Waals surface area (Å²) < 4.78 is 13.3. The molecule has 5 heteroatoms. The van der Waals surface area contributed by atoms with Crippen LogP contribution in [0.15, 0.2) is 41.4 Å². The number of guanidine groups is 1. The summed E-state index contributed by atoms with van der Waals surface area (Å²) in [4.78, 5) is 6.52. The highest BCUT2D eigenvalue weighted by molar-refractivity contribution is 5.80. The fourth-order valence-corrected chi connectivity index (χ4v) is 2.78. The number of rotatable bonds is 5. The van der Waals surface area contributed by atoms with E-state index in [9.17, 15) is 4.39 Å². The van der Waals surface area contributed by atoms with Gasteiger partial charge in [0.1, 0.15) is 5.82 Å². The second-order valence-electron chi connectivity index (χ2n) is 5.74. The molecule has 1 fully saturated rings. The second-order valence-corrected chi connectivity index (χ2v) is 5.74. The molecule has 0 radical (unpaired) electrons. The van der Waals surface area contributed by atoms with Crippen LogP contribution in [0, 0.1) is 5.82 Å². The highest BCUT2D eigenvalue weighted by atomic mass is 19.1. The lowest BCUT2D eigenvalue weighted by Gasteiger charge is -2.34. The number of nitrogens with one attached hydrogen (secondary N) is 2. The molecule has 0 unspecified atom stereocenters. The van der Waals surface area contributed by atoms with Gasteiger partial charge in [-0.15, -0.1) is 0 Å². The lowest BCUT2D eigenvalue weighted by molar-refractivity contribution is 0.461. The van der Waals surface area contributed by atoms with Crippen LogP contribution in [-0.2, 0) is 0 Å². The Morgan fingerprint density at radius 3 is 2.83 bits per heavy atom. The zero-order valence-electron chi connectivity index (χ0n) is 14.1. The number of nitrogens with zero attached hydrogens (tertiary/aromatic N) is 2. The van der Waals surface area contributed by atoms with Gasteiger partial charge in [0.05, 0.1) is 0 Å². The maximum Gasteiger partial charge on any atom is 0.191 e. The monoisotopic (exact) mass is 318 g/mol. The van der Waals surface area contributed by atoms with E-state index in [2.05, 4.69) is 32.7 Å². The fourth-order valence-electron chi connectivity index (χ4n) is 2.78. The Labute approximate surface area is 138 Å². The topological polar surface area (TPSA) is 39.7 Å². The molecule has 2 rings (SSSR count). The van der Waals surface area contributed by atoms with Crippen LogP contribution in [-0.4, -0.2) is 38.7 Å². The smallest absolute Gasteiger partial charge is 0.191 e. The zero-order chi connectivity index (χ0) is 16.5. The average Bonchev–Trinajstić information content (AvgIpc) is 2.58. The van der Waals surface area contributed by atoms with Gasteiger partial charge in [0.2, 0.25) is 0 Å². The van der Waals surface area contributed by atoms with E-state index < -0.39 is 0 Å². The second kappa shape index (κ2) is 9.18. The minimum Gasteiger partial charge on any atom is -0.371 e. The molecule has 126 valence electrons. The van der Waals surface area contributed by atoms with Crippen molar-refractivity contribution in [3.05, 3.63) is 42.2 Å². The van der Waals surface area contributed by atoms with Crippen LogP contribution in [0.5, 0.6) is 0 Å². The normalized spacial score (nSPS) is 16.8. The SMILES string of the molecule is C/C=C/CCNC(=NC)NC1CCN(c2cccc(F)c2)CC1. The van der Waals surface area contributed by atoms with Crippen molar-refractivity contribution in [1.29, 1.82) is 0 Å². The standard InChI is InChI=1S/C18H27FN4/c1-3-4-5-11-21-18(20-2)22-16-9-12-23(13-10-16)17-8-6-7-15(19)14-17/h3-4,6-8,14,16H,5,9-13H2,1-2H3,(H2,20,21,22)/b4-3+. The lowest BCUT2D eigenvalue weighted by Crippen LogP contribution is -2.48. The van der Waals surface area contributed by atoms with Crippen LogP contribution in [0.1, 0.15) is 26.2 Å². The minimum absolute atomic E-state index is 0.173. The molecule has 1 saturated heterocycles. The van der Waals surface area contributed by atoms with Crippen molar-refractivity contribution >= 4 is 11.6 Å². The molecular weight excluding hydrogens is 291 g/mol. The summed E-state index contributed by atoms with van der Waals surface area (Å²) in [6, 6.07) is 7.24. The Hall–Kier alpha value is -2.04. The summed E-state index contributed by atoms with van der Waals surface area (Å²) in [6.45, 7) is 4.76. The van der Waals surface area contributed by atoms with E-state index in [1.165, 1.54) is 6.07 Å². The van der Waals surface area contributed by atoms with Crippen molar-refractivity contribution in [3.8, 4) is 0 Å². The summed E-state index contributed by atoms with van der Waals surface area (Å²) in [5.41, 5.74) is 0.970. The summed E-state index contributed by atoms with van der Waals surface area (Å²) in [6.07, 6.45) is 7.23. The highest BCUT2D eigenvalue weighted by Gasteiger charge is 2.20. The molecule has 1 aliphatic rings. The van der Waals surface area contributed by atoms with Crippen LogP contribution in [0.4, 0.5) is 10.1 Å². The summed E-state index contributed by atoms with van der Waals surface area (Å²) >= 11 is 0. The molecule has 0 aliphatic carbocycles. The molecular formula is C18H27FN4. The van der Waals surface area contributed by atoms with E-state index in [4.69, 9.17) is 0 Å². The van der Waals surface area contributed by atoms with Gasteiger partial charge in [0.25, 0.3) is 0 Å². The average molecular weight is 318 g/mol. The zero-order valence-corrected chi connectivity index (χ0v) is 14.1. The molecule has 0 atom stereocenters. The van der Waals surface area contributed by atoms with Gasteiger partial charge < -0.3 is 15.5 Å². The molecule has 1 aliphatic heterocycles. The van der Waals surface area contributed by atoms with Crippen molar-refractivity contribution < 1.29 is 4.39 Å². The molecule has 0 bridgehead atoms. The van der Waals surface area contributed by atoms with Gasteiger partial charge in [-0.25, -0.2) is 4.39 Å². The maximum atomic E-state index is 13.3. The van der Waals surface area contributed by atoms with E-state index in [-0.39, 0.29) is 5.82 Å². The third-order valence-corrected chi connectivity index (χ3v) is 4.07.